The molecule has 3 rings (SSSR count). The van der Waals surface area contributed by atoms with Crippen LogP contribution in [-0.2, 0) is 16.4 Å². The summed E-state index contributed by atoms with van der Waals surface area (Å²) in [5, 5.41) is 8.82. The maximum atomic E-state index is 12.7. The van der Waals surface area contributed by atoms with Gasteiger partial charge in [0, 0.05) is 13.1 Å². The molecule has 1 fully saturated rings. The van der Waals surface area contributed by atoms with Gasteiger partial charge in [0.05, 0.1) is 16.5 Å². The third-order valence-electron chi connectivity index (χ3n) is 4.56. The Morgan fingerprint density at radius 1 is 1.00 bits per heavy atom. The summed E-state index contributed by atoms with van der Waals surface area (Å²) in [5.74, 6) is 0.528. The highest BCUT2D eigenvalue weighted by molar-refractivity contribution is 7.89. The van der Waals surface area contributed by atoms with Crippen LogP contribution in [0.25, 0.3) is 0 Å². The molecule has 5 heteroatoms. The average Bonchev–Trinajstić information content (AvgIpc) is 2.63. The van der Waals surface area contributed by atoms with Crippen LogP contribution in [0.5, 0.6) is 0 Å². The second-order valence-corrected chi connectivity index (χ2v) is 8.11. The molecule has 0 saturated carbocycles. The molecule has 0 aromatic heterocycles. The zero-order chi connectivity index (χ0) is 17.0. The molecular weight excluding hydrogens is 320 g/mol. The van der Waals surface area contributed by atoms with Crippen LogP contribution < -0.4 is 0 Å². The van der Waals surface area contributed by atoms with Crippen LogP contribution in [0.2, 0.25) is 0 Å². The van der Waals surface area contributed by atoms with Crippen molar-refractivity contribution >= 4 is 10.0 Å². The van der Waals surface area contributed by atoms with Gasteiger partial charge >= 0.3 is 0 Å². The predicted molar refractivity (Wildman–Crippen MR) is 92.8 cm³/mol. The number of benzene rings is 2. The summed E-state index contributed by atoms with van der Waals surface area (Å²) >= 11 is 0. The number of sulfonamides is 1. The molecule has 0 unspecified atom stereocenters. The Bertz CT molecular complexity index is 816. The summed E-state index contributed by atoms with van der Waals surface area (Å²) in [6.45, 7) is 1.11. The molecule has 1 aliphatic rings. The normalized spacial score (nSPS) is 16.6. The summed E-state index contributed by atoms with van der Waals surface area (Å²) in [4.78, 5) is 0.267. The second kappa shape index (κ2) is 7.16. The summed E-state index contributed by atoms with van der Waals surface area (Å²) < 4.78 is 27.0. The molecule has 2 aromatic rings. The Morgan fingerprint density at radius 3 is 2.21 bits per heavy atom. The van der Waals surface area contributed by atoms with Crippen molar-refractivity contribution < 1.29 is 8.42 Å². The van der Waals surface area contributed by atoms with Crippen LogP contribution >= 0.6 is 0 Å². The van der Waals surface area contributed by atoms with Crippen LogP contribution in [0, 0.1) is 17.2 Å². The number of hydrogen-bond donors (Lipinski definition) is 0. The lowest BCUT2D eigenvalue weighted by Crippen LogP contribution is -2.38. The first kappa shape index (κ1) is 16.7. The third kappa shape index (κ3) is 3.66. The lowest BCUT2D eigenvalue weighted by molar-refractivity contribution is 0.273. The fraction of sp³-hybridized carbons (Fsp3) is 0.316. The van der Waals surface area contributed by atoms with E-state index in [1.165, 1.54) is 17.7 Å². The van der Waals surface area contributed by atoms with E-state index >= 15 is 0 Å². The van der Waals surface area contributed by atoms with Gasteiger partial charge in [-0.1, -0.05) is 30.3 Å². The van der Waals surface area contributed by atoms with E-state index in [4.69, 9.17) is 5.26 Å². The van der Waals surface area contributed by atoms with E-state index in [1.807, 2.05) is 24.3 Å². The molecule has 2 aromatic carbocycles. The van der Waals surface area contributed by atoms with Crippen molar-refractivity contribution in [3.05, 3.63) is 65.7 Å². The summed E-state index contributed by atoms with van der Waals surface area (Å²) in [5.41, 5.74) is 1.78. The van der Waals surface area contributed by atoms with Gasteiger partial charge in [0.15, 0.2) is 0 Å². The van der Waals surface area contributed by atoms with Crippen LogP contribution in [0.4, 0.5) is 0 Å². The molecule has 1 aliphatic heterocycles. The molecule has 1 saturated heterocycles. The Balaban J connectivity index is 1.64. The van der Waals surface area contributed by atoms with Crippen LogP contribution in [0.3, 0.4) is 0 Å². The molecular formula is C19H20N2O2S. The summed E-state index contributed by atoms with van der Waals surface area (Å²) in [7, 11) is -3.46. The van der Waals surface area contributed by atoms with Crippen molar-refractivity contribution in [2.45, 2.75) is 24.2 Å². The van der Waals surface area contributed by atoms with Gasteiger partial charge in [0.1, 0.15) is 0 Å². The Kier molecular flexibility index (Phi) is 4.98. The van der Waals surface area contributed by atoms with Gasteiger partial charge in [0.2, 0.25) is 10.0 Å². The third-order valence-corrected chi connectivity index (χ3v) is 6.47. The van der Waals surface area contributed by atoms with E-state index in [0.29, 0.717) is 24.6 Å². The molecule has 0 atom stereocenters. The molecule has 0 radical (unpaired) electrons. The first-order chi connectivity index (χ1) is 11.6. The standard InChI is InChI=1S/C19H20N2O2S/c20-15-18-6-8-19(9-7-18)24(22,23)21-12-10-17(11-13-21)14-16-4-2-1-3-5-16/h1-9,17H,10-14H2. The van der Waals surface area contributed by atoms with Crippen LogP contribution in [0.15, 0.2) is 59.5 Å². The monoisotopic (exact) mass is 340 g/mol. The fourth-order valence-corrected chi connectivity index (χ4v) is 4.62. The molecule has 24 heavy (non-hydrogen) atoms. The Labute approximate surface area is 143 Å². The van der Waals surface area contributed by atoms with Gasteiger partial charge in [-0.2, -0.15) is 9.57 Å². The highest BCUT2D eigenvalue weighted by atomic mass is 32.2. The van der Waals surface area contributed by atoms with E-state index in [-0.39, 0.29) is 4.90 Å². The van der Waals surface area contributed by atoms with Crippen molar-refractivity contribution in [2.75, 3.05) is 13.1 Å². The van der Waals surface area contributed by atoms with Crippen molar-refractivity contribution in [3.8, 4) is 6.07 Å². The minimum atomic E-state index is -3.46. The minimum absolute atomic E-state index is 0.267. The van der Waals surface area contributed by atoms with Crippen LogP contribution in [-0.4, -0.2) is 25.8 Å². The largest absolute Gasteiger partial charge is 0.243 e. The lowest BCUT2D eigenvalue weighted by atomic mass is 9.91. The quantitative estimate of drug-likeness (QED) is 0.859. The van der Waals surface area contributed by atoms with Gasteiger partial charge < -0.3 is 0 Å². The van der Waals surface area contributed by atoms with Crippen LogP contribution in [0.1, 0.15) is 24.0 Å². The first-order valence-corrected chi connectivity index (χ1v) is 9.58. The smallest absolute Gasteiger partial charge is 0.207 e. The van der Waals surface area contributed by atoms with E-state index < -0.39 is 10.0 Å². The van der Waals surface area contributed by atoms with Gasteiger partial charge in [-0.05, 0) is 55.0 Å². The Hall–Kier alpha value is -2.16. The molecule has 124 valence electrons. The van der Waals surface area contributed by atoms with Gasteiger partial charge in [-0.25, -0.2) is 8.42 Å². The van der Waals surface area contributed by atoms with Crippen molar-refractivity contribution in [1.82, 2.24) is 4.31 Å². The summed E-state index contributed by atoms with van der Waals surface area (Å²) in [6, 6.07) is 18.5. The maximum absolute atomic E-state index is 12.7. The fourth-order valence-electron chi connectivity index (χ4n) is 3.15. The van der Waals surface area contributed by atoms with Gasteiger partial charge in [-0.3, -0.25) is 0 Å². The number of hydrogen-bond acceptors (Lipinski definition) is 3. The average molecular weight is 340 g/mol. The number of nitriles is 1. The molecule has 1 heterocycles. The zero-order valence-electron chi connectivity index (χ0n) is 13.4. The number of rotatable bonds is 4. The second-order valence-electron chi connectivity index (χ2n) is 6.17. The van der Waals surface area contributed by atoms with E-state index in [1.54, 1.807) is 16.4 Å². The zero-order valence-corrected chi connectivity index (χ0v) is 14.2. The molecule has 4 nitrogen and oxygen atoms in total. The SMILES string of the molecule is N#Cc1ccc(S(=O)(=O)N2CCC(Cc3ccccc3)CC2)cc1. The molecule has 0 aliphatic carbocycles. The predicted octanol–water partition coefficient (Wildman–Crippen LogP) is 3.20. The van der Waals surface area contributed by atoms with Gasteiger partial charge in [-0.15, -0.1) is 0 Å². The molecule has 0 bridgehead atoms. The highest BCUT2D eigenvalue weighted by Crippen LogP contribution is 2.26. The maximum Gasteiger partial charge on any atom is 0.243 e. The topological polar surface area (TPSA) is 61.2 Å². The minimum Gasteiger partial charge on any atom is -0.207 e. The van der Waals surface area contributed by atoms with E-state index in [2.05, 4.69) is 12.1 Å². The Morgan fingerprint density at radius 2 is 1.62 bits per heavy atom. The molecule has 0 spiro atoms. The lowest BCUT2D eigenvalue weighted by Gasteiger charge is -2.31. The summed E-state index contributed by atoms with van der Waals surface area (Å²) in [6.07, 6.45) is 2.76. The van der Waals surface area contributed by atoms with E-state index in [9.17, 15) is 8.42 Å². The van der Waals surface area contributed by atoms with Crippen molar-refractivity contribution in [3.63, 3.8) is 0 Å². The molecule has 0 amide bonds. The van der Waals surface area contributed by atoms with E-state index in [0.717, 1.165) is 19.3 Å². The van der Waals surface area contributed by atoms with Crippen molar-refractivity contribution in [1.29, 1.82) is 5.26 Å². The molecule has 0 N–H and O–H groups in total. The first-order valence-electron chi connectivity index (χ1n) is 8.14. The van der Waals surface area contributed by atoms with Crippen molar-refractivity contribution in [2.24, 2.45) is 5.92 Å². The van der Waals surface area contributed by atoms with Gasteiger partial charge in [0.25, 0.3) is 0 Å². The highest BCUT2D eigenvalue weighted by Gasteiger charge is 2.29. The number of piperidine rings is 1. The number of nitrogens with zero attached hydrogens (tertiary/aromatic N) is 2.